The van der Waals surface area contributed by atoms with Gasteiger partial charge in [0.15, 0.2) is 0 Å². The van der Waals surface area contributed by atoms with E-state index in [0.29, 0.717) is 37.7 Å². The van der Waals surface area contributed by atoms with Gasteiger partial charge in [0.25, 0.3) is 0 Å². The van der Waals surface area contributed by atoms with E-state index in [9.17, 15) is 4.79 Å². The zero-order chi connectivity index (χ0) is 20.1. The van der Waals surface area contributed by atoms with Crippen molar-refractivity contribution in [1.29, 1.82) is 0 Å². The second-order valence-corrected chi connectivity index (χ2v) is 7.26. The van der Waals surface area contributed by atoms with Crippen LogP contribution in [0, 0.1) is 0 Å². The molecule has 1 fully saturated rings. The molecule has 6 heteroatoms. The number of hydrogen-bond donors (Lipinski definition) is 1. The number of nitrogens with zero attached hydrogens (tertiary/aromatic N) is 2. The molecule has 3 aromatic rings. The monoisotopic (exact) mass is 391 g/mol. The Morgan fingerprint density at radius 3 is 2.59 bits per heavy atom. The third-order valence-electron chi connectivity index (χ3n) is 4.98. The van der Waals surface area contributed by atoms with Crippen LogP contribution in [0.1, 0.15) is 49.1 Å². The standard InChI is InChI=1S/C23H25N3O3/c1-2-28-20-11-9-19(10-12-20)23-25-22(29-26-23)14-13-21(27)24-15-16-3-5-17(6-4-16)18-7-8-18/h3-6,9-12,18H,2,7-8,13-15H2,1H3,(H,24,27). The fraction of sp³-hybridized carbons (Fsp3) is 0.348. The molecule has 6 nitrogen and oxygen atoms in total. The summed E-state index contributed by atoms with van der Waals surface area (Å²) in [6, 6.07) is 16.0. The second-order valence-electron chi connectivity index (χ2n) is 7.26. The van der Waals surface area contributed by atoms with Gasteiger partial charge in [0, 0.05) is 24.9 Å². The molecule has 0 bridgehead atoms. The highest BCUT2D eigenvalue weighted by Gasteiger charge is 2.22. The van der Waals surface area contributed by atoms with E-state index < -0.39 is 0 Å². The van der Waals surface area contributed by atoms with Gasteiger partial charge in [0.2, 0.25) is 17.6 Å². The summed E-state index contributed by atoms with van der Waals surface area (Å²) in [5.74, 6) is 2.49. The van der Waals surface area contributed by atoms with Crippen molar-refractivity contribution in [3.05, 3.63) is 65.5 Å². The van der Waals surface area contributed by atoms with Crippen molar-refractivity contribution in [2.24, 2.45) is 0 Å². The molecule has 29 heavy (non-hydrogen) atoms. The fourth-order valence-corrected chi connectivity index (χ4v) is 3.17. The van der Waals surface area contributed by atoms with Crippen LogP contribution >= 0.6 is 0 Å². The van der Waals surface area contributed by atoms with E-state index in [0.717, 1.165) is 22.8 Å². The van der Waals surface area contributed by atoms with Crippen LogP contribution in [0.4, 0.5) is 0 Å². The van der Waals surface area contributed by atoms with Crippen molar-refractivity contribution in [2.45, 2.75) is 45.1 Å². The molecule has 0 atom stereocenters. The molecule has 2 aromatic carbocycles. The number of carbonyl (C=O) groups is 1. The lowest BCUT2D eigenvalue weighted by atomic mass is 10.1. The number of aromatic nitrogens is 2. The summed E-state index contributed by atoms with van der Waals surface area (Å²) in [6.07, 6.45) is 3.32. The largest absolute Gasteiger partial charge is 0.494 e. The van der Waals surface area contributed by atoms with E-state index >= 15 is 0 Å². The van der Waals surface area contributed by atoms with Crippen LogP contribution in [-0.2, 0) is 17.8 Å². The zero-order valence-corrected chi connectivity index (χ0v) is 16.6. The van der Waals surface area contributed by atoms with Crippen LogP contribution in [0.15, 0.2) is 53.1 Å². The average molecular weight is 391 g/mol. The molecular formula is C23H25N3O3. The molecule has 1 aliphatic rings. The summed E-state index contributed by atoms with van der Waals surface area (Å²) >= 11 is 0. The number of ether oxygens (including phenoxy) is 1. The molecule has 0 aliphatic heterocycles. The van der Waals surface area contributed by atoms with Gasteiger partial charge in [-0.3, -0.25) is 4.79 Å². The van der Waals surface area contributed by atoms with Gasteiger partial charge < -0.3 is 14.6 Å². The van der Waals surface area contributed by atoms with Gasteiger partial charge in [-0.25, -0.2) is 0 Å². The molecule has 0 saturated heterocycles. The topological polar surface area (TPSA) is 77.2 Å². The van der Waals surface area contributed by atoms with Gasteiger partial charge in [-0.15, -0.1) is 0 Å². The Kier molecular flexibility index (Phi) is 5.89. The minimum absolute atomic E-state index is 0.0305. The third kappa shape index (κ3) is 5.22. The van der Waals surface area contributed by atoms with Crippen LogP contribution in [0.5, 0.6) is 5.75 Å². The van der Waals surface area contributed by atoms with Crippen LogP contribution in [0.3, 0.4) is 0 Å². The fourth-order valence-electron chi connectivity index (χ4n) is 3.17. The Labute approximate surface area is 170 Å². The molecule has 1 heterocycles. The maximum absolute atomic E-state index is 12.1. The molecule has 1 amide bonds. The van der Waals surface area contributed by atoms with Crippen molar-refractivity contribution in [3.8, 4) is 17.1 Å². The van der Waals surface area contributed by atoms with Gasteiger partial charge >= 0.3 is 0 Å². The van der Waals surface area contributed by atoms with E-state index in [1.807, 2.05) is 31.2 Å². The first-order valence-electron chi connectivity index (χ1n) is 10.1. The summed E-state index contributed by atoms with van der Waals surface area (Å²) in [7, 11) is 0. The lowest BCUT2D eigenvalue weighted by Gasteiger charge is -2.05. The average Bonchev–Trinajstić information content (AvgIpc) is 3.50. The maximum Gasteiger partial charge on any atom is 0.227 e. The molecule has 1 aliphatic carbocycles. The van der Waals surface area contributed by atoms with E-state index in [1.165, 1.54) is 18.4 Å². The molecule has 4 rings (SSSR count). The van der Waals surface area contributed by atoms with Crippen molar-refractivity contribution < 1.29 is 14.1 Å². The lowest BCUT2D eigenvalue weighted by molar-refractivity contribution is -0.121. The summed E-state index contributed by atoms with van der Waals surface area (Å²) in [5.41, 5.74) is 3.36. The number of benzene rings is 2. The molecule has 150 valence electrons. The van der Waals surface area contributed by atoms with Crippen molar-refractivity contribution in [1.82, 2.24) is 15.5 Å². The van der Waals surface area contributed by atoms with Crippen LogP contribution in [-0.4, -0.2) is 22.7 Å². The molecule has 0 unspecified atom stereocenters. The van der Waals surface area contributed by atoms with Crippen LogP contribution in [0.2, 0.25) is 0 Å². The Hall–Kier alpha value is -3.15. The van der Waals surface area contributed by atoms with Gasteiger partial charge in [-0.1, -0.05) is 29.4 Å². The van der Waals surface area contributed by atoms with Gasteiger partial charge in [-0.05, 0) is 61.1 Å². The zero-order valence-electron chi connectivity index (χ0n) is 16.6. The first kappa shape index (κ1) is 19.2. The number of carbonyl (C=O) groups excluding carboxylic acids is 1. The van der Waals surface area contributed by atoms with Crippen molar-refractivity contribution in [2.75, 3.05) is 6.61 Å². The Morgan fingerprint density at radius 2 is 1.90 bits per heavy atom. The summed E-state index contributed by atoms with van der Waals surface area (Å²) in [6.45, 7) is 3.10. The SMILES string of the molecule is CCOc1ccc(-c2noc(CCC(=O)NCc3ccc(C4CC4)cc3)n2)cc1. The van der Waals surface area contributed by atoms with Crippen LogP contribution < -0.4 is 10.1 Å². The highest BCUT2D eigenvalue weighted by atomic mass is 16.5. The van der Waals surface area contributed by atoms with E-state index in [1.54, 1.807) is 0 Å². The first-order valence-corrected chi connectivity index (χ1v) is 10.1. The number of hydrogen-bond acceptors (Lipinski definition) is 5. The van der Waals surface area contributed by atoms with E-state index in [4.69, 9.17) is 9.26 Å². The minimum atomic E-state index is -0.0305. The number of aryl methyl sites for hydroxylation is 1. The van der Waals surface area contributed by atoms with E-state index in [2.05, 4.69) is 39.7 Å². The Balaban J connectivity index is 1.24. The van der Waals surface area contributed by atoms with Crippen molar-refractivity contribution >= 4 is 5.91 Å². The summed E-state index contributed by atoms with van der Waals surface area (Å²) in [5, 5.41) is 6.95. The Morgan fingerprint density at radius 1 is 1.14 bits per heavy atom. The number of rotatable bonds is 9. The quantitative estimate of drug-likeness (QED) is 0.590. The highest BCUT2D eigenvalue weighted by molar-refractivity contribution is 5.76. The van der Waals surface area contributed by atoms with E-state index in [-0.39, 0.29) is 5.91 Å². The van der Waals surface area contributed by atoms with Gasteiger partial charge in [0.05, 0.1) is 6.61 Å². The molecular weight excluding hydrogens is 366 g/mol. The predicted octanol–water partition coefficient (Wildman–Crippen LogP) is 4.26. The smallest absolute Gasteiger partial charge is 0.227 e. The molecule has 1 saturated carbocycles. The molecule has 0 radical (unpaired) electrons. The first-order chi connectivity index (χ1) is 14.2. The maximum atomic E-state index is 12.1. The van der Waals surface area contributed by atoms with Gasteiger partial charge in [-0.2, -0.15) is 4.98 Å². The third-order valence-corrected chi connectivity index (χ3v) is 4.98. The van der Waals surface area contributed by atoms with Crippen molar-refractivity contribution in [3.63, 3.8) is 0 Å². The predicted molar refractivity (Wildman–Crippen MR) is 109 cm³/mol. The van der Waals surface area contributed by atoms with Crippen LogP contribution in [0.25, 0.3) is 11.4 Å². The lowest BCUT2D eigenvalue weighted by Crippen LogP contribution is -2.23. The number of nitrogens with one attached hydrogen (secondary N) is 1. The molecule has 1 N–H and O–H groups in total. The highest BCUT2D eigenvalue weighted by Crippen LogP contribution is 2.39. The Bertz CT molecular complexity index is 944. The summed E-state index contributed by atoms with van der Waals surface area (Å²) < 4.78 is 10.7. The molecule has 0 spiro atoms. The molecule has 1 aromatic heterocycles. The number of amides is 1. The summed E-state index contributed by atoms with van der Waals surface area (Å²) in [4.78, 5) is 16.5. The normalized spacial score (nSPS) is 13.3. The second kappa shape index (κ2) is 8.90. The van der Waals surface area contributed by atoms with Gasteiger partial charge in [0.1, 0.15) is 5.75 Å². The minimum Gasteiger partial charge on any atom is -0.494 e.